The largest absolute Gasteiger partial charge is 0.0648 e. The van der Waals surface area contributed by atoms with E-state index in [1.807, 2.05) is 0 Å². The van der Waals surface area contributed by atoms with Crippen LogP contribution in [-0.2, 0) is 5.41 Å². The summed E-state index contributed by atoms with van der Waals surface area (Å²) < 4.78 is 0. The van der Waals surface area contributed by atoms with Crippen LogP contribution in [0.25, 0.3) is 0 Å². The molecule has 0 aromatic heterocycles. The zero-order valence-electron chi connectivity index (χ0n) is 10.8. The van der Waals surface area contributed by atoms with Gasteiger partial charge in [-0.25, -0.2) is 0 Å². The molecule has 0 N–H and O–H groups in total. The second-order valence-electron chi connectivity index (χ2n) is 5.35. The molecule has 1 aromatic carbocycles. The van der Waals surface area contributed by atoms with Crippen LogP contribution in [0.5, 0.6) is 0 Å². The van der Waals surface area contributed by atoms with E-state index < -0.39 is 0 Å². The van der Waals surface area contributed by atoms with Gasteiger partial charge in [-0.2, -0.15) is 0 Å². The minimum atomic E-state index is 0.263. The summed E-state index contributed by atoms with van der Waals surface area (Å²) in [5, 5.41) is 0. The predicted octanol–water partition coefficient (Wildman–Crippen LogP) is 4.89. The minimum Gasteiger partial charge on any atom is -0.0648 e. The molecule has 0 saturated carbocycles. The maximum atomic E-state index is 2.30. The fourth-order valence-electron chi connectivity index (χ4n) is 2.26. The molecule has 15 heavy (non-hydrogen) atoms. The smallest absolute Gasteiger partial charge is 0.0129 e. The molecule has 0 atom stereocenters. The van der Waals surface area contributed by atoms with E-state index in [4.69, 9.17) is 0 Å². The summed E-state index contributed by atoms with van der Waals surface area (Å²) in [4.78, 5) is 0. The highest BCUT2D eigenvalue weighted by atomic mass is 14.2. The third-order valence-corrected chi connectivity index (χ3v) is 3.19. The van der Waals surface area contributed by atoms with E-state index in [0.717, 1.165) is 5.92 Å². The molecule has 0 unspecified atom stereocenters. The summed E-state index contributed by atoms with van der Waals surface area (Å²) in [7, 11) is 0. The van der Waals surface area contributed by atoms with Crippen molar-refractivity contribution in [3.05, 3.63) is 35.4 Å². The molecular weight excluding hydrogens is 180 g/mol. The van der Waals surface area contributed by atoms with Crippen LogP contribution in [0.15, 0.2) is 24.3 Å². The molecule has 84 valence electrons. The summed E-state index contributed by atoms with van der Waals surface area (Å²) in [6, 6.07) is 8.92. The van der Waals surface area contributed by atoms with Gasteiger partial charge in [0.25, 0.3) is 0 Å². The van der Waals surface area contributed by atoms with E-state index in [-0.39, 0.29) is 5.41 Å². The highest BCUT2D eigenvalue weighted by molar-refractivity contribution is 5.35. The standard InChI is InChI=1S/C15H24/c1-6-12(7-2)13-10-8-9-11-14(13)15(3,4)5/h8-12H,6-7H2,1-5H3. The molecule has 0 bridgehead atoms. The third-order valence-electron chi connectivity index (χ3n) is 3.19. The molecule has 0 fully saturated rings. The Balaban J connectivity index is 3.17. The molecule has 1 rings (SSSR count). The second kappa shape index (κ2) is 4.83. The highest BCUT2D eigenvalue weighted by Gasteiger charge is 2.20. The molecule has 0 spiro atoms. The topological polar surface area (TPSA) is 0 Å². The second-order valence-corrected chi connectivity index (χ2v) is 5.35. The van der Waals surface area contributed by atoms with Gasteiger partial charge in [-0.1, -0.05) is 58.9 Å². The van der Waals surface area contributed by atoms with Gasteiger partial charge in [-0.3, -0.25) is 0 Å². The Kier molecular flexibility index (Phi) is 3.96. The number of hydrogen-bond donors (Lipinski definition) is 0. The molecule has 0 heteroatoms. The van der Waals surface area contributed by atoms with Crippen LogP contribution >= 0.6 is 0 Å². The molecule has 0 heterocycles. The first-order chi connectivity index (χ1) is 7.00. The van der Waals surface area contributed by atoms with E-state index >= 15 is 0 Å². The molecule has 0 radical (unpaired) electrons. The lowest BCUT2D eigenvalue weighted by Crippen LogP contribution is -2.15. The lowest BCUT2D eigenvalue weighted by molar-refractivity contribution is 0.556. The third kappa shape index (κ3) is 2.84. The van der Waals surface area contributed by atoms with Crippen molar-refractivity contribution in [1.82, 2.24) is 0 Å². The van der Waals surface area contributed by atoms with Crippen molar-refractivity contribution < 1.29 is 0 Å². The molecule has 0 saturated heterocycles. The molecule has 0 aliphatic heterocycles. The van der Waals surface area contributed by atoms with E-state index in [9.17, 15) is 0 Å². The lowest BCUT2D eigenvalue weighted by atomic mass is 9.79. The Labute approximate surface area is 94.7 Å². The first-order valence-corrected chi connectivity index (χ1v) is 6.10. The van der Waals surface area contributed by atoms with E-state index in [2.05, 4.69) is 58.9 Å². The van der Waals surface area contributed by atoms with Gasteiger partial charge in [0.05, 0.1) is 0 Å². The SMILES string of the molecule is CCC(CC)c1ccccc1C(C)(C)C. The van der Waals surface area contributed by atoms with Gasteiger partial charge in [0.2, 0.25) is 0 Å². The fraction of sp³-hybridized carbons (Fsp3) is 0.600. The van der Waals surface area contributed by atoms with Gasteiger partial charge in [0.15, 0.2) is 0 Å². The van der Waals surface area contributed by atoms with Crippen molar-refractivity contribution >= 4 is 0 Å². The Bertz CT molecular complexity index is 300. The Morgan fingerprint density at radius 2 is 1.53 bits per heavy atom. The van der Waals surface area contributed by atoms with Gasteiger partial charge >= 0.3 is 0 Å². The maximum Gasteiger partial charge on any atom is -0.0129 e. The normalized spacial score (nSPS) is 12.1. The molecular formula is C15H24. The van der Waals surface area contributed by atoms with Crippen molar-refractivity contribution in [3.8, 4) is 0 Å². The number of rotatable bonds is 3. The lowest BCUT2D eigenvalue weighted by Gasteiger charge is -2.26. The van der Waals surface area contributed by atoms with Crippen molar-refractivity contribution in [2.45, 2.75) is 58.8 Å². The summed E-state index contributed by atoms with van der Waals surface area (Å²) in [5.41, 5.74) is 3.33. The van der Waals surface area contributed by atoms with Crippen molar-refractivity contribution in [2.75, 3.05) is 0 Å². The molecule has 1 aromatic rings. The quantitative estimate of drug-likeness (QED) is 0.657. The molecule has 0 amide bonds. The average molecular weight is 204 g/mol. The number of benzene rings is 1. The van der Waals surface area contributed by atoms with Crippen LogP contribution in [0.1, 0.15) is 64.5 Å². The summed E-state index contributed by atoms with van der Waals surface area (Å²) in [6.07, 6.45) is 2.48. The van der Waals surface area contributed by atoms with Gasteiger partial charge in [-0.05, 0) is 35.3 Å². The molecule has 0 aliphatic carbocycles. The van der Waals surface area contributed by atoms with Gasteiger partial charge in [0, 0.05) is 0 Å². The number of hydrogen-bond acceptors (Lipinski definition) is 0. The van der Waals surface area contributed by atoms with Gasteiger partial charge < -0.3 is 0 Å². The van der Waals surface area contributed by atoms with Gasteiger partial charge in [0.1, 0.15) is 0 Å². The minimum absolute atomic E-state index is 0.263. The highest BCUT2D eigenvalue weighted by Crippen LogP contribution is 2.33. The Morgan fingerprint density at radius 3 is 2.00 bits per heavy atom. The zero-order chi connectivity index (χ0) is 11.5. The van der Waals surface area contributed by atoms with E-state index in [1.165, 1.54) is 18.4 Å². The molecule has 0 aliphatic rings. The van der Waals surface area contributed by atoms with Crippen molar-refractivity contribution in [2.24, 2.45) is 0 Å². The predicted molar refractivity (Wildman–Crippen MR) is 68.5 cm³/mol. The van der Waals surface area contributed by atoms with Crippen LogP contribution in [-0.4, -0.2) is 0 Å². The van der Waals surface area contributed by atoms with Gasteiger partial charge in [-0.15, -0.1) is 0 Å². The van der Waals surface area contributed by atoms with Crippen molar-refractivity contribution in [1.29, 1.82) is 0 Å². The monoisotopic (exact) mass is 204 g/mol. The molecule has 0 nitrogen and oxygen atoms in total. The first kappa shape index (κ1) is 12.3. The maximum absolute atomic E-state index is 2.30. The first-order valence-electron chi connectivity index (χ1n) is 6.10. The van der Waals surface area contributed by atoms with Crippen LogP contribution < -0.4 is 0 Å². The fourth-order valence-corrected chi connectivity index (χ4v) is 2.26. The summed E-state index contributed by atoms with van der Waals surface area (Å²) in [6.45, 7) is 11.5. The average Bonchev–Trinajstić information content (AvgIpc) is 2.19. The summed E-state index contributed by atoms with van der Waals surface area (Å²) >= 11 is 0. The van der Waals surface area contributed by atoms with E-state index in [0.29, 0.717) is 0 Å². The van der Waals surface area contributed by atoms with Crippen LogP contribution in [0.2, 0.25) is 0 Å². The summed E-state index contributed by atoms with van der Waals surface area (Å²) in [5.74, 6) is 0.723. The van der Waals surface area contributed by atoms with Crippen LogP contribution in [0, 0.1) is 0 Å². The zero-order valence-corrected chi connectivity index (χ0v) is 10.8. The van der Waals surface area contributed by atoms with Crippen molar-refractivity contribution in [3.63, 3.8) is 0 Å². The Hall–Kier alpha value is -0.780. The Morgan fingerprint density at radius 1 is 1.00 bits per heavy atom. The van der Waals surface area contributed by atoms with E-state index in [1.54, 1.807) is 5.56 Å². The van der Waals surface area contributed by atoms with Crippen LogP contribution in [0.4, 0.5) is 0 Å². The van der Waals surface area contributed by atoms with Crippen LogP contribution in [0.3, 0.4) is 0 Å².